The maximum absolute atomic E-state index is 15.4. The molecule has 0 fully saturated rings. The van der Waals surface area contributed by atoms with E-state index in [-0.39, 0.29) is 17.1 Å². The highest BCUT2D eigenvalue weighted by Gasteiger charge is 2.53. The molecule has 2 heterocycles. The maximum atomic E-state index is 15.4. The molecule has 4 rings (SSSR count). The molecule has 1 atom stereocenters. The second-order valence-corrected chi connectivity index (χ2v) is 9.25. The van der Waals surface area contributed by atoms with Crippen LogP contribution in [-0.4, -0.2) is 31.2 Å². The third-order valence-electron chi connectivity index (χ3n) is 5.86. The molecule has 4 aromatic rings. The van der Waals surface area contributed by atoms with Crippen molar-refractivity contribution in [2.45, 2.75) is 44.3 Å². The van der Waals surface area contributed by atoms with E-state index in [9.17, 15) is 13.9 Å². The number of halogens is 5. The van der Waals surface area contributed by atoms with Crippen molar-refractivity contribution in [3.05, 3.63) is 77.7 Å². The molecule has 6 nitrogen and oxygen atoms in total. The van der Waals surface area contributed by atoms with Crippen LogP contribution >= 0.6 is 0 Å². The minimum Gasteiger partial charge on any atom is -0.481 e. The highest BCUT2D eigenvalue weighted by molar-refractivity contribution is 5.69. The molecule has 190 valence electrons. The Balaban J connectivity index is 1.64. The first-order chi connectivity index (χ1) is 16.7. The Labute approximate surface area is 203 Å². The number of aromatic nitrogens is 3. The summed E-state index contributed by atoms with van der Waals surface area (Å²) < 4.78 is 80.6. The van der Waals surface area contributed by atoms with Crippen molar-refractivity contribution in [2.75, 3.05) is 5.73 Å². The highest BCUT2D eigenvalue weighted by atomic mass is 19.3. The van der Waals surface area contributed by atoms with E-state index in [1.807, 2.05) is 0 Å². The quantitative estimate of drug-likeness (QED) is 0.324. The zero-order chi connectivity index (χ0) is 26.5. The fourth-order valence-corrected chi connectivity index (χ4v) is 3.92. The molecular formula is C25H23F5N4O2. The highest BCUT2D eigenvalue weighted by Crippen LogP contribution is 2.44. The molecule has 0 aliphatic carbocycles. The molecule has 2 aromatic heterocycles. The van der Waals surface area contributed by atoms with Gasteiger partial charge in [-0.1, -0.05) is 12.1 Å². The van der Waals surface area contributed by atoms with Crippen LogP contribution in [0.5, 0.6) is 5.75 Å². The topological polar surface area (TPSA) is 85.7 Å². The van der Waals surface area contributed by atoms with E-state index in [1.54, 1.807) is 0 Å². The molecule has 0 spiro atoms. The minimum atomic E-state index is -3.82. The number of pyridine rings is 1. The van der Waals surface area contributed by atoms with Gasteiger partial charge in [-0.25, -0.2) is 26.5 Å². The van der Waals surface area contributed by atoms with E-state index in [2.05, 4.69) is 10.1 Å². The van der Waals surface area contributed by atoms with Crippen LogP contribution in [0.15, 0.2) is 54.7 Å². The zero-order valence-electron chi connectivity index (χ0n) is 19.6. The normalized spacial score (nSPS) is 14.1. The summed E-state index contributed by atoms with van der Waals surface area (Å²) in [5.74, 6) is -7.51. The molecule has 0 saturated carbocycles. The summed E-state index contributed by atoms with van der Waals surface area (Å²) in [5.41, 5.74) is 1.35. The molecule has 0 saturated heterocycles. The van der Waals surface area contributed by atoms with Crippen LogP contribution < -0.4 is 10.5 Å². The van der Waals surface area contributed by atoms with Gasteiger partial charge >= 0.3 is 0 Å². The number of alkyl halides is 2. The van der Waals surface area contributed by atoms with E-state index in [0.717, 1.165) is 37.3 Å². The molecule has 11 heteroatoms. The average Bonchev–Trinajstić information content (AvgIpc) is 3.15. The summed E-state index contributed by atoms with van der Waals surface area (Å²) in [5, 5.41) is 14.6. The first kappa shape index (κ1) is 25.4. The summed E-state index contributed by atoms with van der Waals surface area (Å²) >= 11 is 0. The number of rotatable bonds is 7. The maximum Gasteiger partial charge on any atom is 0.283 e. The lowest BCUT2D eigenvalue weighted by Crippen LogP contribution is -2.48. The molecule has 0 aliphatic heterocycles. The van der Waals surface area contributed by atoms with Crippen molar-refractivity contribution in [3.63, 3.8) is 0 Å². The first-order valence-corrected chi connectivity index (χ1v) is 10.9. The predicted molar refractivity (Wildman–Crippen MR) is 123 cm³/mol. The largest absolute Gasteiger partial charge is 0.481 e. The van der Waals surface area contributed by atoms with Crippen LogP contribution in [0, 0.1) is 17.5 Å². The Hall–Kier alpha value is -3.73. The van der Waals surface area contributed by atoms with Crippen LogP contribution in [0.3, 0.4) is 0 Å². The number of anilines is 1. The Morgan fingerprint density at radius 2 is 1.67 bits per heavy atom. The van der Waals surface area contributed by atoms with Crippen molar-refractivity contribution in [1.82, 2.24) is 14.6 Å². The van der Waals surface area contributed by atoms with Gasteiger partial charge in [0.05, 0.1) is 6.42 Å². The van der Waals surface area contributed by atoms with Crippen LogP contribution in [-0.2, 0) is 5.60 Å². The average molecular weight is 506 g/mol. The Bertz CT molecular complexity index is 1420. The number of aliphatic hydroxyl groups is 1. The third kappa shape index (κ3) is 4.70. The van der Waals surface area contributed by atoms with Crippen molar-refractivity contribution in [2.24, 2.45) is 0 Å². The SMILES string of the molecule is CC(C)(CC(F)(F)C(C)(O)c1ccc(F)cc1)Oc1c(F)ccc(-c2ccn3nc(N)nc3c2)c1F. The van der Waals surface area contributed by atoms with Gasteiger partial charge in [-0.3, -0.25) is 0 Å². The summed E-state index contributed by atoms with van der Waals surface area (Å²) in [6.07, 6.45) is 0.373. The number of hydrogen-bond acceptors (Lipinski definition) is 5. The molecule has 3 N–H and O–H groups in total. The van der Waals surface area contributed by atoms with Gasteiger partial charge in [0.2, 0.25) is 5.95 Å². The van der Waals surface area contributed by atoms with Gasteiger partial charge in [-0.15, -0.1) is 5.10 Å². The van der Waals surface area contributed by atoms with Crippen molar-refractivity contribution in [3.8, 4) is 16.9 Å². The second-order valence-electron chi connectivity index (χ2n) is 9.25. The first-order valence-electron chi connectivity index (χ1n) is 10.9. The number of benzene rings is 2. The van der Waals surface area contributed by atoms with Gasteiger partial charge in [0.1, 0.15) is 11.4 Å². The van der Waals surface area contributed by atoms with E-state index < -0.39 is 46.7 Å². The van der Waals surface area contributed by atoms with Crippen LogP contribution in [0.1, 0.15) is 32.8 Å². The summed E-state index contributed by atoms with van der Waals surface area (Å²) in [4.78, 5) is 4.00. The Morgan fingerprint density at radius 3 is 2.33 bits per heavy atom. The van der Waals surface area contributed by atoms with Crippen molar-refractivity contribution < 1.29 is 31.8 Å². The Kier molecular flexibility index (Phi) is 6.16. The molecule has 0 radical (unpaired) electrons. The van der Waals surface area contributed by atoms with E-state index in [4.69, 9.17) is 10.5 Å². The molecule has 0 bridgehead atoms. The van der Waals surface area contributed by atoms with E-state index >= 15 is 13.2 Å². The molecule has 36 heavy (non-hydrogen) atoms. The van der Waals surface area contributed by atoms with Gasteiger partial charge in [0.25, 0.3) is 5.92 Å². The summed E-state index contributed by atoms with van der Waals surface area (Å²) in [6, 6.07) is 9.09. The van der Waals surface area contributed by atoms with Gasteiger partial charge in [-0.2, -0.15) is 4.98 Å². The standard InChI is InChI=1S/C25H23F5N4O2/c1-23(2,13-25(29,30)24(3,35)15-4-6-16(26)7-5-15)36-21-18(27)9-8-17(20(21)28)14-10-11-34-19(12-14)32-22(31)33-34/h4-12,35H,13H2,1-3H3,(H2,31,33). The number of hydrogen-bond donors (Lipinski definition) is 2. The third-order valence-corrected chi connectivity index (χ3v) is 5.86. The predicted octanol–water partition coefficient (Wildman–Crippen LogP) is 5.49. The van der Waals surface area contributed by atoms with Crippen molar-refractivity contribution >= 4 is 11.6 Å². The lowest BCUT2D eigenvalue weighted by molar-refractivity contribution is -0.200. The molecule has 0 aliphatic rings. The Morgan fingerprint density at radius 1 is 1.00 bits per heavy atom. The molecule has 0 amide bonds. The minimum absolute atomic E-state index is 0.00921. The summed E-state index contributed by atoms with van der Waals surface area (Å²) in [7, 11) is 0. The van der Waals surface area contributed by atoms with E-state index in [1.165, 1.54) is 42.8 Å². The zero-order valence-corrected chi connectivity index (χ0v) is 19.6. The van der Waals surface area contributed by atoms with Gasteiger partial charge < -0.3 is 15.6 Å². The molecule has 1 unspecified atom stereocenters. The smallest absolute Gasteiger partial charge is 0.283 e. The van der Waals surface area contributed by atoms with E-state index in [0.29, 0.717) is 11.2 Å². The fraction of sp³-hybridized carbons (Fsp3) is 0.280. The van der Waals surface area contributed by atoms with Crippen LogP contribution in [0.2, 0.25) is 0 Å². The number of fused-ring (bicyclic) bond motifs is 1. The number of ether oxygens (including phenoxy) is 1. The monoisotopic (exact) mass is 506 g/mol. The van der Waals surface area contributed by atoms with Gasteiger partial charge in [-0.05, 0) is 68.3 Å². The summed E-state index contributed by atoms with van der Waals surface area (Å²) in [6.45, 7) is 3.32. The van der Waals surface area contributed by atoms with Gasteiger partial charge in [0.15, 0.2) is 28.6 Å². The number of nitrogen functional groups attached to an aromatic ring is 1. The number of nitrogens with two attached hydrogens (primary N) is 1. The number of nitrogens with zero attached hydrogens (tertiary/aromatic N) is 3. The van der Waals surface area contributed by atoms with Crippen LogP contribution in [0.25, 0.3) is 16.8 Å². The van der Waals surface area contributed by atoms with Gasteiger partial charge in [0, 0.05) is 11.8 Å². The van der Waals surface area contributed by atoms with Crippen molar-refractivity contribution in [1.29, 1.82) is 0 Å². The molecule has 2 aromatic carbocycles. The molecular weight excluding hydrogens is 483 g/mol. The van der Waals surface area contributed by atoms with Crippen LogP contribution in [0.4, 0.5) is 27.9 Å². The lowest BCUT2D eigenvalue weighted by Gasteiger charge is -2.38. The lowest BCUT2D eigenvalue weighted by atomic mass is 9.83. The fourth-order valence-electron chi connectivity index (χ4n) is 3.92. The second kappa shape index (κ2) is 8.74.